The van der Waals surface area contributed by atoms with Gasteiger partial charge in [-0.05, 0) is 6.92 Å². The van der Waals surface area contributed by atoms with Gasteiger partial charge in [0.05, 0.1) is 46.2 Å². The summed E-state index contributed by atoms with van der Waals surface area (Å²) in [6, 6.07) is 0. The van der Waals surface area contributed by atoms with E-state index in [4.69, 9.17) is 24.8 Å². The third-order valence-electron chi connectivity index (χ3n) is 1.52. The number of carbonyl (C=O) groups is 1. The lowest BCUT2D eigenvalue weighted by molar-refractivity contribution is -0.139. The van der Waals surface area contributed by atoms with E-state index in [2.05, 4.69) is 11.3 Å². The Morgan fingerprint density at radius 3 is 1.63 bits per heavy atom. The molecule has 0 fully saturated rings. The second kappa shape index (κ2) is 17.0. The zero-order valence-corrected chi connectivity index (χ0v) is 11.3. The Hall–Kier alpha value is -0.990. The first-order valence-electron chi connectivity index (χ1n) is 5.90. The number of carbonyl (C=O) groups excluding carboxylic acids is 1. The molecule has 114 valence electrons. The summed E-state index contributed by atoms with van der Waals surface area (Å²) in [4.78, 5) is 10.5. The fourth-order valence-electron chi connectivity index (χ4n) is 0.713. The first-order valence-corrected chi connectivity index (χ1v) is 5.90. The van der Waals surface area contributed by atoms with E-state index in [1.807, 2.05) is 0 Å². The molecule has 0 saturated heterocycles. The van der Waals surface area contributed by atoms with Gasteiger partial charge in [0.15, 0.2) is 0 Å². The van der Waals surface area contributed by atoms with Gasteiger partial charge in [-0.15, -0.1) is 0 Å². The Labute approximate surface area is 113 Å². The van der Waals surface area contributed by atoms with Gasteiger partial charge in [-0.2, -0.15) is 0 Å². The number of hydrogen-bond donors (Lipinski definition) is 3. The molecular weight excluding hydrogens is 256 g/mol. The van der Waals surface area contributed by atoms with Crippen LogP contribution in [0.3, 0.4) is 0 Å². The van der Waals surface area contributed by atoms with Crippen molar-refractivity contribution in [3.63, 3.8) is 0 Å². The van der Waals surface area contributed by atoms with Gasteiger partial charge in [0.25, 0.3) is 0 Å². The van der Waals surface area contributed by atoms with Gasteiger partial charge in [0.2, 0.25) is 0 Å². The van der Waals surface area contributed by atoms with E-state index in [0.29, 0.717) is 32.0 Å². The molecule has 0 aliphatic rings. The Bertz CT molecular complexity index is 210. The highest BCUT2D eigenvalue weighted by atomic mass is 16.5. The second-order valence-corrected chi connectivity index (χ2v) is 3.31. The second-order valence-electron chi connectivity index (χ2n) is 3.31. The predicted molar refractivity (Wildman–Crippen MR) is 68.7 cm³/mol. The lowest BCUT2D eigenvalue weighted by atomic mass is 10.4. The van der Waals surface area contributed by atoms with Crippen LogP contribution in [0, 0.1) is 0 Å². The Morgan fingerprint density at radius 2 is 1.32 bits per heavy atom. The Kier molecular flexibility index (Phi) is 18.2. The molecule has 0 radical (unpaired) electrons. The van der Waals surface area contributed by atoms with Crippen molar-refractivity contribution >= 4 is 5.97 Å². The molecule has 0 aliphatic heterocycles. The number of aliphatic hydroxyl groups excluding tert-OH is 3. The van der Waals surface area contributed by atoms with Crippen LogP contribution in [0.15, 0.2) is 12.2 Å². The molecule has 0 unspecified atom stereocenters. The van der Waals surface area contributed by atoms with E-state index in [9.17, 15) is 4.79 Å². The standard InChI is InChI=1S/C6H14O4.C6H10O3/c7-1-3-9-5-6-10-4-2-8;1-5(2)6(8)9-4-3-7/h7-8H,1-6H2;7H,1,3-4H2,2H3. The van der Waals surface area contributed by atoms with Crippen LogP contribution in [-0.4, -0.2) is 74.1 Å². The SMILES string of the molecule is C=C(C)C(=O)OCCO.OCCOCCOCCO. The molecular formula is C12H24O7. The Morgan fingerprint density at radius 1 is 0.895 bits per heavy atom. The van der Waals surface area contributed by atoms with E-state index >= 15 is 0 Å². The molecule has 0 aromatic rings. The van der Waals surface area contributed by atoms with Crippen molar-refractivity contribution in [3.8, 4) is 0 Å². The molecule has 0 atom stereocenters. The zero-order valence-electron chi connectivity index (χ0n) is 11.3. The van der Waals surface area contributed by atoms with Crippen LogP contribution in [0.2, 0.25) is 0 Å². The molecule has 0 amide bonds. The summed E-state index contributed by atoms with van der Waals surface area (Å²) in [5.41, 5.74) is 0.350. The number of hydrogen-bond acceptors (Lipinski definition) is 7. The lowest BCUT2D eigenvalue weighted by Crippen LogP contribution is -2.09. The van der Waals surface area contributed by atoms with Crippen LogP contribution in [0.1, 0.15) is 6.92 Å². The highest BCUT2D eigenvalue weighted by Gasteiger charge is 1.99. The quantitative estimate of drug-likeness (QED) is 0.270. The van der Waals surface area contributed by atoms with Gasteiger partial charge in [0.1, 0.15) is 6.61 Å². The van der Waals surface area contributed by atoms with Crippen molar-refractivity contribution in [2.24, 2.45) is 0 Å². The van der Waals surface area contributed by atoms with Gasteiger partial charge >= 0.3 is 5.97 Å². The fraction of sp³-hybridized carbons (Fsp3) is 0.750. The third-order valence-corrected chi connectivity index (χ3v) is 1.52. The average Bonchev–Trinajstić information content (AvgIpc) is 2.40. The van der Waals surface area contributed by atoms with Crippen molar-refractivity contribution in [2.75, 3.05) is 52.9 Å². The van der Waals surface area contributed by atoms with E-state index in [-0.39, 0.29) is 26.4 Å². The molecule has 0 aromatic heterocycles. The van der Waals surface area contributed by atoms with Crippen LogP contribution in [0.25, 0.3) is 0 Å². The first kappa shape index (κ1) is 20.3. The maximum absolute atomic E-state index is 10.5. The van der Waals surface area contributed by atoms with Crippen LogP contribution in [0.4, 0.5) is 0 Å². The highest BCUT2D eigenvalue weighted by Crippen LogP contribution is 1.89. The number of esters is 1. The summed E-state index contributed by atoms with van der Waals surface area (Å²) < 4.78 is 14.2. The van der Waals surface area contributed by atoms with Crippen LogP contribution in [-0.2, 0) is 19.0 Å². The minimum atomic E-state index is -0.455. The van der Waals surface area contributed by atoms with Crippen LogP contribution >= 0.6 is 0 Å². The molecule has 0 aromatic carbocycles. The summed E-state index contributed by atoms with van der Waals surface area (Å²) in [6.45, 7) is 6.54. The van der Waals surface area contributed by atoms with Crippen molar-refractivity contribution in [1.82, 2.24) is 0 Å². The molecule has 0 heterocycles. The first-order chi connectivity index (χ1) is 9.09. The van der Waals surface area contributed by atoms with Crippen molar-refractivity contribution in [2.45, 2.75) is 6.92 Å². The maximum atomic E-state index is 10.5. The molecule has 19 heavy (non-hydrogen) atoms. The smallest absolute Gasteiger partial charge is 0.333 e. The Balaban J connectivity index is 0. The summed E-state index contributed by atoms with van der Waals surface area (Å²) in [7, 11) is 0. The monoisotopic (exact) mass is 280 g/mol. The minimum Gasteiger partial charge on any atom is -0.460 e. The van der Waals surface area contributed by atoms with Crippen molar-refractivity contribution in [1.29, 1.82) is 0 Å². The normalized spacial score (nSPS) is 9.47. The van der Waals surface area contributed by atoms with Gasteiger partial charge in [0, 0.05) is 5.57 Å². The van der Waals surface area contributed by atoms with Gasteiger partial charge in [-0.25, -0.2) is 4.79 Å². The van der Waals surface area contributed by atoms with Gasteiger partial charge < -0.3 is 29.5 Å². The van der Waals surface area contributed by atoms with Gasteiger partial charge in [-0.1, -0.05) is 6.58 Å². The predicted octanol–water partition coefficient (Wildman–Crippen LogP) is -0.898. The molecule has 7 nitrogen and oxygen atoms in total. The molecule has 0 saturated carbocycles. The van der Waals surface area contributed by atoms with Gasteiger partial charge in [-0.3, -0.25) is 0 Å². The van der Waals surface area contributed by atoms with Crippen molar-refractivity contribution in [3.05, 3.63) is 12.2 Å². The molecule has 0 bridgehead atoms. The molecule has 0 rings (SSSR count). The number of aliphatic hydroxyl groups is 3. The fourth-order valence-corrected chi connectivity index (χ4v) is 0.713. The average molecular weight is 280 g/mol. The van der Waals surface area contributed by atoms with Crippen molar-refractivity contribution < 1.29 is 34.3 Å². The molecule has 0 spiro atoms. The third kappa shape index (κ3) is 19.5. The largest absolute Gasteiger partial charge is 0.460 e. The van der Waals surface area contributed by atoms with E-state index in [1.54, 1.807) is 6.92 Å². The van der Waals surface area contributed by atoms with E-state index in [1.165, 1.54) is 0 Å². The summed E-state index contributed by atoms with van der Waals surface area (Å²) >= 11 is 0. The minimum absolute atomic E-state index is 0.0417. The topological polar surface area (TPSA) is 105 Å². The summed E-state index contributed by atoms with van der Waals surface area (Å²) in [5.74, 6) is -0.455. The zero-order chi connectivity index (χ0) is 14.9. The van der Waals surface area contributed by atoms with E-state index < -0.39 is 5.97 Å². The molecule has 0 aliphatic carbocycles. The number of ether oxygens (including phenoxy) is 3. The summed E-state index contributed by atoms with van der Waals surface area (Å²) in [5, 5.41) is 24.7. The van der Waals surface area contributed by atoms with E-state index in [0.717, 1.165) is 0 Å². The molecule has 7 heteroatoms. The summed E-state index contributed by atoms with van der Waals surface area (Å²) in [6.07, 6.45) is 0. The van der Waals surface area contributed by atoms with Crippen LogP contribution < -0.4 is 0 Å². The lowest BCUT2D eigenvalue weighted by Gasteiger charge is -2.01. The van der Waals surface area contributed by atoms with Crippen LogP contribution in [0.5, 0.6) is 0 Å². The maximum Gasteiger partial charge on any atom is 0.333 e. The number of rotatable bonds is 10. The highest BCUT2D eigenvalue weighted by molar-refractivity contribution is 5.86. The molecule has 3 N–H and O–H groups in total.